The molecule has 1 saturated heterocycles. The molecule has 20 heavy (non-hydrogen) atoms. The van der Waals surface area contributed by atoms with Crippen molar-refractivity contribution in [2.24, 2.45) is 11.3 Å². The maximum Gasteiger partial charge on any atom is 0.122 e. The molecule has 0 aromatic carbocycles. The van der Waals surface area contributed by atoms with Crippen LogP contribution in [0.2, 0.25) is 0 Å². The Morgan fingerprint density at radius 1 is 1.40 bits per heavy atom. The lowest BCUT2D eigenvalue weighted by Gasteiger charge is -2.38. The quantitative estimate of drug-likeness (QED) is 0.861. The van der Waals surface area contributed by atoms with Crippen LogP contribution in [0, 0.1) is 11.3 Å². The number of hydrogen-bond donors (Lipinski definition) is 1. The van der Waals surface area contributed by atoms with Crippen molar-refractivity contribution in [3.05, 3.63) is 23.7 Å². The predicted octanol–water partition coefficient (Wildman–Crippen LogP) is 3.65. The third kappa shape index (κ3) is 4.64. The molecular formula is C17H30N2O. The molecule has 1 aromatic heterocycles. The van der Waals surface area contributed by atoms with Crippen LogP contribution in [-0.2, 0) is 13.1 Å². The van der Waals surface area contributed by atoms with Gasteiger partial charge in [-0.3, -0.25) is 4.90 Å². The summed E-state index contributed by atoms with van der Waals surface area (Å²) in [6, 6.07) is 2.13. The lowest BCUT2D eigenvalue weighted by Crippen LogP contribution is -2.39. The number of nitrogens with one attached hydrogen (secondary N) is 1. The molecule has 0 bridgehead atoms. The van der Waals surface area contributed by atoms with Crippen LogP contribution in [0.4, 0.5) is 0 Å². The smallest absolute Gasteiger partial charge is 0.122 e. The average molecular weight is 278 g/mol. The number of furan rings is 1. The number of likely N-dealkylation sites (tertiary alicyclic amines) is 1. The second-order valence-electron chi connectivity index (χ2n) is 7.37. The highest BCUT2D eigenvalue weighted by Gasteiger charge is 2.26. The molecule has 0 unspecified atom stereocenters. The number of rotatable bonds is 6. The van der Waals surface area contributed by atoms with Crippen molar-refractivity contribution in [3.63, 3.8) is 0 Å². The first-order valence-electron chi connectivity index (χ1n) is 7.94. The van der Waals surface area contributed by atoms with Gasteiger partial charge in [-0.15, -0.1) is 0 Å². The summed E-state index contributed by atoms with van der Waals surface area (Å²) in [5, 5.41) is 3.47. The number of nitrogens with zero attached hydrogens (tertiary/aromatic N) is 1. The van der Waals surface area contributed by atoms with Gasteiger partial charge in [0.1, 0.15) is 5.76 Å². The van der Waals surface area contributed by atoms with Crippen molar-refractivity contribution >= 4 is 0 Å². The van der Waals surface area contributed by atoms with Gasteiger partial charge in [0.05, 0.1) is 12.8 Å². The molecule has 1 fully saturated rings. The van der Waals surface area contributed by atoms with Gasteiger partial charge in [-0.2, -0.15) is 0 Å². The first-order valence-corrected chi connectivity index (χ1v) is 7.94. The van der Waals surface area contributed by atoms with E-state index in [2.05, 4.69) is 44.0 Å². The van der Waals surface area contributed by atoms with Crippen molar-refractivity contribution in [2.75, 3.05) is 19.6 Å². The molecule has 0 saturated carbocycles. The van der Waals surface area contributed by atoms with E-state index in [9.17, 15) is 0 Å². The van der Waals surface area contributed by atoms with Gasteiger partial charge in [-0.05, 0) is 43.3 Å². The van der Waals surface area contributed by atoms with E-state index >= 15 is 0 Å². The highest BCUT2D eigenvalue weighted by atomic mass is 16.3. The Morgan fingerprint density at radius 3 is 2.90 bits per heavy atom. The minimum Gasteiger partial charge on any atom is -0.468 e. The molecule has 0 spiro atoms. The van der Waals surface area contributed by atoms with Crippen LogP contribution in [0.1, 0.15) is 51.9 Å². The van der Waals surface area contributed by atoms with Crippen LogP contribution in [-0.4, -0.2) is 24.5 Å². The largest absolute Gasteiger partial charge is 0.468 e. The zero-order valence-corrected chi connectivity index (χ0v) is 13.5. The third-order valence-corrected chi connectivity index (χ3v) is 4.05. The molecule has 0 radical (unpaired) electrons. The van der Waals surface area contributed by atoms with Gasteiger partial charge in [-0.1, -0.05) is 27.7 Å². The minimum atomic E-state index is 0.456. The van der Waals surface area contributed by atoms with Crippen LogP contribution in [0.5, 0.6) is 0 Å². The zero-order valence-electron chi connectivity index (χ0n) is 13.5. The highest BCUT2D eigenvalue weighted by Crippen LogP contribution is 2.29. The lowest BCUT2D eigenvalue weighted by molar-refractivity contribution is 0.111. The molecule has 3 nitrogen and oxygen atoms in total. The topological polar surface area (TPSA) is 28.4 Å². The minimum absolute atomic E-state index is 0.456. The van der Waals surface area contributed by atoms with Gasteiger partial charge in [-0.25, -0.2) is 0 Å². The van der Waals surface area contributed by atoms with Crippen molar-refractivity contribution in [1.82, 2.24) is 10.2 Å². The first kappa shape index (κ1) is 15.6. The summed E-state index contributed by atoms with van der Waals surface area (Å²) in [6.07, 6.45) is 4.49. The Balaban J connectivity index is 1.88. The standard InChI is InChI=1S/C17H30N2O/c1-14(2)10-18-11-16-15(6-9-20-16)12-19-8-5-7-17(3,4)13-19/h6,9,14,18H,5,7-8,10-13H2,1-4H3. The molecule has 1 N–H and O–H groups in total. The molecule has 1 aliphatic rings. The van der Waals surface area contributed by atoms with E-state index in [1.54, 1.807) is 0 Å². The summed E-state index contributed by atoms with van der Waals surface area (Å²) in [5.74, 6) is 1.78. The van der Waals surface area contributed by atoms with E-state index in [1.165, 1.54) is 31.5 Å². The Hall–Kier alpha value is -0.800. The third-order valence-electron chi connectivity index (χ3n) is 4.05. The molecular weight excluding hydrogens is 248 g/mol. The van der Waals surface area contributed by atoms with Crippen LogP contribution in [0.15, 0.2) is 16.7 Å². The van der Waals surface area contributed by atoms with Gasteiger partial charge < -0.3 is 9.73 Å². The van der Waals surface area contributed by atoms with Gasteiger partial charge in [0, 0.05) is 18.7 Å². The molecule has 1 aromatic rings. The van der Waals surface area contributed by atoms with Gasteiger partial charge >= 0.3 is 0 Å². The maximum atomic E-state index is 5.65. The van der Waals surface area contributed by atoms with Crippen LogP contribution >= 0.6 is 0 Å². The van der Waals surface area contributed by atoms with Crippen molar-refractivity contribution in [2.45, 2.75) is 53.6 Å². The van der Waals surface area contributed by atoms with Crippen molar-refractivity contribution in [1.29, 1.82) is 0 Å². The fraction of sp³-hybridized carbons (Fsp3) is 0.765. The molecule has 3 heteroatoms. The average Bonchev–Trinajstić information content (AvgIpc) is 2.75. The molecule has 114 valence electrons. The molecule has 0 aliphatic carbocycles. The van der Waals surface area contributed by atoms with Crippen LogP contribution < -0.4 is 5.32 Å². The predicted molar refractivity (Wildman–Crippen MR) is 83.5 cm³/mol. The highest BCUT2D eigenvalue weighted by molar-refractivity contribution is 5.17. The van der Waals surface area contributed by atoms with Gasteiger partial charge in [0.15, 0.2) is 0 Å². The van der Waals surface area contributed by atoms with Gasteiger partial charge in [0.25, 0.3) is 0 Å². The van der Waals surface area contributed by atoms with Crippen molar-refractivity contribution < 1.29 is 4.42 Å². The maximum absolute atomic E-state index is 5.65. The molecule has 2 rings (SSSR count). The summed E-state index contributed by atoms with van der Waals surface area (Å²) < 4.78 is 5.65. The van der Waals surface area contributed by atoms with Crippen LogP contribution in [0.25, 0.3) is 0 Å². The Bertz CT molecular complexity index is 409. The second kappa shape index (κ2) is 6.77. The SMILES string of the molecule is CC(C)CNCc1occc1CN1CCCC(C)(C)C1. The Morgan fingerprint density at radius 2 is 2.20 bits per heavy atom. The normalized spacial score (nSPS) is 19.6. The molecule has 0 amide bonds. The van der Waals surface area contributed by atoms with Crippen molar-refractivity contribution in [3.8, 4) is 0 Å². The first-order chi connectivity index (χ1) is 9.46. The summed E-state index contributed by atoms with van der Waals surface area (Å²) in [4.78, 5) is 2.57. The fourth-order valence-electron chi connectivity index (χ4n) is 3.06. The monoisotopic (exact) mass is 278 g/mol. The van der Waals surface area contributed by atoms with Gasteiger partial charge in [0.2, 0.25) is 0 Å². The zero-order chi connectivity index (χ0) is 14.6. The summed E-state index contributed by atoms with van der Waals surface area (Å²) in [7, 11) is 0. The lowest BCUT2D eigenvalue weighted by atomic mass is 9.84. The Labute approximate surface area is 123 Å². The molecule has 0 atom stereocenters. The van der Waals surface area contributed by atoms with E-state index in [4.69, 9.17) is 4.42 Å². The van der Waals surface area contributed by atoms with E-state index in [0.717, 1.165) is 25.4 Å². The summed E-state index contributed by atoms with van der Waals surface area (Å²) in [5.41, 5.74) is 1.80. The number of hydrogen-bond acceptors (Lipinski definition) is 3. The summed E-state index contributed by atoms with van der Waals surface area (Å²) in [6.45, 7) is 14.5. The molecule has 2 heterocycles. The summed E-state index contributed by atoms with van der Waals surface area (Å²) >= 11 is 0. The van der Waals surface area contributed by atoms with E-state index in [1.807, 2.05) is 6.26 Å². The van der Waals surface area contributed by atoms with E-state index < -0.39 is 0 Å². The van der Waals surface area contributed by atoms with E-state index in [-0.39, 0.29) is 0 Å². The fourth-order valence-corrected chi connectivity index (χ4v) is 3.06. The van der Waals surface area contributed by atoms with E-state index in [0.29, 0.717) is 11.3 Å². The number of piperidine rings is 1. The Kier molecular flexibility index (Phi) is 5.28. The molecule has 1 aliphatic heterocycles. The van der Waals surface area contributed by atoms with Crippen LogP contribution in [0.3, 0.4) is 0 Å². The second-order valence-corrected chi connectivity index (χ2v) is 7.37.